The van der Waals surface area contributed by atoms with Crippen LogP contribution < -0.4 is 16.6 Å². The van der Waals surface area contributed by atoms with Crippen LogP contribution in [0, 0.1) is 13.8 Å². The molecule has 2 aromatic carbocycles. The van der Waals surface area contributed by atoms with E-state index in [1.807, 2.05) is 62.4 Å². The van der Waals surface area contributed by atoms with Crippen molar-refractivity contribution in [2.45, 2.75) is 13.8 Å². The number of hydrazone groups is 2. The third-order valence-corrected chi connectivity index (χ3v) is 3.56. The van der Waals surface area contributed by atoms with E-state index in [9.17, 15) is 0 Å². The molecule has 0 saturated carbocycles. The number of nitrogen functional groups attached to an aromatic ring is 1. The third kappa shape index (κ3) is 5.60. The van der Waals surface area contributed by atoms with E-state index in [0.29, 0.717) is 0 Å². The highest BCUT2D eigenvalue weighted by atomic mass is 15.4. The zero-order valence-corrected chi connectivity index (χ0v) is 15.1. The Kier molecular flexibility index (Phi) is 5.68. The van der Waals surface area contributed by atoms with Crippen LogP contribution in [0.25, 0.3) is 0 Å². The van der Waals surface area contributed by atoms with Crippen molar-refractivity contribution in [3.8, 4) is 0 Å². The van der Waals surface area contributed by atoms with Crippen LogP contribution >= 0.6 is 0 Å². The molecule has 3 rings (SSSR count). The number of hydrogen-bond donors (Lipinski definition) is 3. The van der Waals surface area contributed by atoms with Gasteiger partial charge in [0.2, 0.25) is 17.8 Å². The Morgan fingerprint density at radius 2 is 1.11 bits per heavy atom. The summed E-state index contributed by atoms with van der Waals surface area (Å²) in [5.74, 6) is 0.504. The quantitative estimate of drug-likeness (QED) is 0.460. The van der Waals surface area contributed by atoms with E-state index in [-0.39, 0.29) is 17.8 Å². The van der Waals surface area contributed by atoms with E-state index < -0.39 is 0 Å². The first-order chi connectivity index (χ1) is 13.1. The first-order valence-electron chi connectivity index (χ1n) is 8.31. The van der Waals surface area contributed by atoms with Gasteiger partial charge in [0.25, 0.3) is 0 Å². The van der Waals surface area contributed by atoms with Crippen molar-refractivity contribution in [1.29, 1.82) is 0 Å². The molecule has 4 N–H and O–H groups in total. The Labute approximate surface area is 157 Å². The van der Waals surface area contributed by atoms with Gasteiger partial charge in [0.1, 0.15) is 0 Å². The zero-order valence-electron chi connectivity index (χ0n) is 15.1. The summed E-state index contributed by atoms with van der Waals surface area (Å²) in [5.41, 5.74) is 15.5. The summed E-state index contributed by atoms with van der Waals surface area (Å²) in [4.78, 5) is 12.2. The summed E-state index contributed by atoms with van der Waals surface area (Å²) in [7, 11) is 0. The molecule has 136 valence electrons. The second-order valence-electron chi connectivity index (χ2n) is 5.90. The second kappa shape index (κ2) is 8.52. The molecule has 0 bridgehead atoms. The van der Waals surface area contributed by atoms with Crippen molar-refractivity contribution >= 4 is 30.3 Å². The van der Waals surface area contributed by atoms with Gasteiger partial charge in [0.15, 0.2) is 0 Å². The number of hydrogen-bond acceptors (Lipinski definition) is 8. The SMILES string of the molecule is Cc1ccc(C=NNc2nc(N)nc(NN=Cc3ccc(C)cc3)n2)cc1. The first-order valence-corrected chi connectivity index (χ1v) is 8.31. The van der Waals surface area contributed by atoms with Crippen LogP contribution in [-0.2, 0) is 0 Å². The topological polar surface area (TPSA) is 113 Å². The fourth-order valence-corrected chi connectivity index (χ4v) is 2.13. The van der Waals surface area contributed by atoms with Crippen LogP contribution in [0.2, 0.25) is 0 Å². The van der Waals surface area contributed by atoms with Crippen molar-refractivity contribution in [2.24, 2.45) is 10.2 Å². The summed E-state index contributed by atoms with van der Waals surface area (Å²) >= 11 is 0. The number of nitrogens with one attached hydrogen (secondary N) is 2. The summed E-state index contributed by atoms with van der Waals surface area (Å²) in [6, 6.07) is 15.9. The minimum atomic E-state index is 0.0612. The number of benzene rings is 2. The monoisotopic (exact) mass is 360 g/mol. The van der Waals surface area contributed by atoms with E-state index in [1.54, 1.807) is 12.4 Å². The molecule has 0 radical (unpaired) electrons. The highest BCUT2D eigenvalue weighted by molar-refractivity contribution is 5.80. The highest BCUT2D eigenvalue weighted by Crippen LogP contribution is 2.07. The molecule has 0 spiro atoms. The lowest BCUT2D eigenvalue weighted by molar-refractivity contribution is 1.03. The molecule has 0 amide bonds. The molecule has 1 heterocycles. The number of aryl methyl sites for hydroxylation is 2. The Morgan fingerprint density at radius 3 is 1.52 bits per heavy atom. The summed E-state index contributed by atoms with van der Waals surface area (Å²) in [5, 5.41) is 8.22. The predicted molar refractivity (Wildman–Crippen MR) is 109 cm³/mol. The number of nitrogens with two attached hydrogens (primary N) is 1. The molecule has 0 aliphatic carbocycles. The predicted octanol–water partition coefficient (Wildman–Crippen LogP) is 2.96. The lowest BCUT2D eigenvalue weighted by atomic mass is 10.2. The van der Waals surface area contributed by atoms with Crippen LogP contribution in [-0.4, -0.2) is 27.4 Å². The smallest absolute Gasteiger partial charge is 0.250 e. The molecule has 8 nitrogen and oxygen atoms in total. The highest BCUT2D eigenvalue weighted by Gasteiger charge is 2.02. The fourth-order valence-electron chi connectivity index (χ4n) is 2.13. The maximum absolute atomic E-state index is 5.71. The second-order valence-corrected chi connectivity index (χ2v) is 5.90. The van der Waals surface area contributed by atoms with Crippen molar-refractivity contribution in [3.05, 3.63) is 70.8 Å². The number of aromatic nitrogens is 3. The zero-order chi connectivity index (χ0) is 19.1. The molecule has 27 heavy (non-hydrogen) atoms. The van der Waals surface area contributed by atoms with Gasteiger partial charge in [-0.1, -0.05) is 59.7 Å². The summed E-state index contributed by atoms with van der Waals surface area (Å²) in [6.07, 6.45) is 3.34. The molecule has 0 unspecified atom stereocenters. The number of nitrogens with zero attached hydrogens (tertiary/aromatic N) is 5. The van der Waals surface area contributed by atoms with Crippen molar-refractivity contribution < 1.29 is 0 Å². The fraction of sp³-hybridized carbons (Fsp3) is 0.105. The summed E-state index contributed by atoms with van der Waals surface area (Å²) in [6.45, 7) is 4.06. The average Bonchev–Trinajstić information content (AvgIpc) is 2.65. The van der Waals surface area contributed by atoms with E-state index in [1.165, 1.54) is 11.1 Å². The molecule has 3 aromatic rings. The standard InChI is InChI=1S/C19H20N8/c1-13-3-7-15(8-4-13)11-21-26-18-23-17(20)24-19(25-18)27-22-12-16-9-5-14(2)6-10-16/h3-12H,1-2H3,(H4,20,23,24,25,26,27). The number of rotatable bonds is 6. The van der Waals surface area contributed by atoms with Gasteiger partial charge in [-0.05, 0) is 25.0 Å². The largest absolute Gasteiger partial charge is 0.368 e. The van der Waals surface area contributed by atoms with E-state index in [2.05, 4.69) is 36.0 Å². The van der Waals surface area contributed by atoms with Gasteiger partial charge >= 0.3 is 0 Å². The van der Waals surface area contributed by atoms with Crippen molar-refractivity contribution in [3.63, 3.8) is 0 Å². The number of anilines is 3. The van der Waals surface area contributed by atoms with Crippen LogP contribution in [0.5, 0.6) is 0 Å². The van der Waals surface area contributed by atoms with E-state index >= 15 is 0 Å². The Morgan fingerprint density at radius 1 is 0.704 bits per heavy atom. The van der Waals surface area contributed by atoms with E-state index in [4.69, 9.17) is 5.73 Å². The molecule has 0 aliphatic rings. The molecule has 0 aliphatic heterocycles. The molecule has 1 aromatic heterocycles. The van der Waals surface area contributed by atoms with Gasteiger partial charge in [0, 0.05) is 0 Å². The van der Waals surface area contributed by atoms with Crippen LogP contribution in [0.1, 0.15) is 22.3 Å². The molecule has 8 heteroatoms. The minimum absolute atomic E-state index is 0.0612. The van der Waals surface area contributed by atoms with Crippen LogP contribution in [0.3, 0.4) is 0 Å². The minimum Gasteiger partial charge on any atom is -0.368 e. The van der Waals surface area contributed by atoms with Gasteiger partial charge in [-0.25, -0.2) is 10.9 Å². The van der Waals surface area contributed by atoms with Gasteiger partial charge in [0.05, 0.1) is 12.4 Å². The van der Waals surface area contributed by atoms with Crippen molar-refractivity contribution in [2.75, 3.05) is 16.6 Å². The molecule has 0 fully saturated rings. The van der Waals surface area contributed by atoms with Gasteiger partial charge in [-0.15, -0.1) is 0 Å². The first kappa shape index (κ1) is 18.0. The molecular weight excluding hydrogens is 340 g/mol. The normalized spacial score (nSPS) is 11.2. The Balaban J connectivity index is 1.63. The van der Waals surface area contributed by atoms with Gasteiger partial charge < -0.3 is 5.73 Å². The molecule has 0 atom stereocenters. The van der Waals surface area contributed by atoms with Gasteiger partial charge in [-0.3, -0.25) is 0 Å². The van der Waals surface area contributed by atoms with Crippen LogP contribution in [0.4, 0.5) is 17.8 Å². The molecular formula is C19H20N8. The third-order valence-electron chi connectivity index (χ3n) is 3.56. The molecule has 0 saturated heterocycles. The summed E-state index contributed by atoms with van der Waals surface area (Å²) < 4.78 is 0. The lowest BCUT2D eigenvalue weighted by Crippen LogP contribution is -2.06. The van der Waals surface area contributed by atoms with Crippen LogP contribution in [0.15, 0.2) is 58.7 Å². The average molecular weight is 360 g/mol. The maximum Gasteiger partial charge on any atom is 0.250 e. The maximum atomic E-state index is 5.71. The Hall–Kier alpha value is -3.81. The van der Waals surface area contributed by atoms with Gasteiger partial charge in [-0.2, -0.15) is 25.2 Å². The Bertz CT molecular complexity index is 871. The van der Waals surface area contributed by atoms with E-state index in [0.717, 1.165) is 11.1 Å². The lowest BCUT2D eigenvalue weighted by Gasteiger charge is -2.03. The van der Waals surface area contributed by atoms with Crippen molar-refractivity contribution in [1.82, 2.24) is 15.0 Å².